The van der Waals surface area contributed by atoms with Crippen LogP contribution in [0.2, 0.25) is 0 Å². The van der Waals surface area contributed by atoms with E-state index in [1.807, 2.05) is 6.07 Å². The lowest BCUT2D eigenvalue weighted by molar-refractivity contribution is 0.0932. The number of fused-ring (bicyclic) bond motifs is 1. The van der Waals surface area contributed by atoms with Gasteiger partial charge in [-0.05, 0) is 30.3 Å². The molecule has 7 nitrogen and oxygen atoms in total. The van der Waals surface area contributed by atoms with E-state index in [-0.39, 0.29) is 11.7 Å². The van der Waals surface area contributed by atoms with Gasteiger partial charge in [0.25, 0.3) is 0 Å². The molecule has 1 aliphatic heterocycles. The van der Waals surface area contributed by atoms with Gasteiger partial charge in [0.05, 0.1) is 17.9 Å². The molecule has 0 saturated carbocycles. The molecule has 28 heavy (non-hydrogen) atoms. The van der Waals surface area contributed by atoms with Crippen LogP contribution < -0.4 is 15.2 Å². The van der Waals surface area contributed by atoms with Crippen LogP contribution in [0.15, 0.2) is 67.1 Å². The number of ketones is 1. The van der Waals surface area contributed by atoms with Gasteiger partial charge in [0.2, 0.25) is 5.91 Å². The Morgan fingerprint density at radius 2 is 1.96 bits per heavy atom. The maximum atomic E-state index is 11.6. The highest BCUT2D eigenvalue weighted by atomic mass is 16.5. The number of hydrogen-bond acceptors (Lipinski definition) is 6. The Morgan fingerprint density at radius 3 is 2.64 bits per heavy atom. The van der Waals surface area contributed by atoms with Crippen LogP contribution in [0.3, 0.4) is 0 Å². The minimum absolute atomic E-state index is 0.114. The second-order valence-electron chi connectivity index (χ2n) is 5.90. The zero-order valence-electron chi connectivity index (χ0n) is 15.1. The molecule has 0 fully saturated rings. The molecule has 0 unspecified atom stereocenters. The summed E-state index contributed by atoms with van der Waals surface area (Å²) >= 11 is 0. The number of benzene rings is 2. The largest absolute Gasteiger partial charge is 0.492 e. The van der Waals surface area contributed by atoms with Crippen molar-refractivity contribution >= 4 is 11.7 Å². The molecule has 1 aliphatic rings. The van der Waals surface area contributed by atoms with Crippen molar-refractivity contribution in [3.8, 4) is 11.5 Å². The monoisotopic (exact) mass is 377 g/mol. The lowest BCUT2D eigenvalue weighted by Gasteiger charge is -2.17. The fourth-order valence-electron chi connectivity index (χ4n) is 2.49. The fourth-order valence-corrected chi connectivity index (χ4v) is 2.49. The highest BCUT2D eigenvalue weighted by Crippen LogP contribution is 2.29. The third-order valence-electron chi connectivity index (χ3n) is 3.93. The number of rotatable bonds is 4. The molecule has 3 aromatic rings. The van der Waals surface area contributed by atoms with Gasteiger partial charge in [-0.1, -0.05) is 18.2 Å². The average Bonchev–Trinajstić information content (AvgIpc) is 2.74. The van der Waals surface area contributed by atoms with Gasteiger partial charge in [-0.25, -0.2) is 9.97 Å². The van der Waals surface area contributed by atoms with Crippen molar-refractivity contribution in [1.82, 2.24) is 9.97 Å². The number of hydrogen-bond donors (Lipinski definition) is 1. The summed E-state index contributed by atoms with van der Waals surface area (Å²) in [5.41, 5.74) is 6.95. The minimum atomic E-state index is -0.379. The maximum absolute atomic E-state index is 11.6. The van der Waals surface area contributed by atoms with Gasteiger partial charge in [-0.2, -0.15) is 0 Å². The Labute approximate surface area is 162 Å². The van der Waals surface area contributed by atoms with Crippen molar-refractivity contribution in [2.75, 3.05) is 6.61 Å². The summed E-state index contributed by atoms with van der Waals surface area (Å²) in [6.07, 6.45) is 3.59. The first kappa shape index (κ1) is 19.0. The minimum Gasteiger partial charge on any atom is -0.492 e. The first-order valence-corrected chi connectivity index (χ1v) is 8.66. The Balaban J connectivity index is 0.000000211. The molecule has 2 aromatic carbocycles. The second-order valence-corrected chi connectivity index (χ2v) is 5.90. The summed E-state index contributed by atoms with van der Waals surface area (Å²) in [5.74, 6) is 0.989. The van der Waals surface area contributed by atoms with Crippen LogP contribution in [0.4, 0.5) is 0 Å². The zero-order valence-corrected chi connectivity index (χ0v) is 15.1. The van der Waals surface area contributed by atoms with E-state index in [2.05, 4.69) is 9.97 Å². The number of ether oxygens (including phenoxy) is 2. The molecule has 1 amide bonds. The number of carbonyl (C=O) groups excluding carboxylic acids is 2. The molecule has 0 aliphatic carbocycles. The van der Waals surface area contributed by atoms with E-state index in [1.54, 1.807) is 54.7 Å². The SMILES string of the molecule is NC(=O)c1ccccc1.O=C1CCOc2cc(OCc3ccncn3)ccc21. The van der Waals surface area contributed by atoms with E-state index in [0.717, 1.165) is 5.69 Å². The number of carbonyl (C=O) groups is 2. The molecule has 2 N–H and O–H groups in total. The van der Waals surface area contributed by atoms with Crippen molar-refractivity contribution in [2.45, 2.75) is 13.0 Å². The topological polar surface area (TPSA) is 104 Å². The Bertz CT molecular complexity index is 946. The summed E-state index contributed by atoms with van der Waals surface area (Å²) < 4.78 is 11.1. The van der Waals surface area contributed by atoms with Gasteiger partial charge in [0, 0.05) is 24.2 Å². The van der Waals surface area contributed by atoms with Crippen LogP contribution in [0.1, 0.15) is 32.8 Å². The summed E-state index contributed by atoms with van der Waals surface area (Å²) in [5, 5.41) is 0. The summed E-state index contributed by atoms with van der Waals surface area (Å²) in [6.45, 7) is 0.788. The third kappa shape index (κ3) is 5.14. The lowest BCUT2D eigenvalue weighted by Crippen LogP contribution is -2.15. The molecule has 0 saturated heterocycles. The summed E-state index contributed by atoms with van der Waals surface area (Å²) in [6, 6.07) is 15.8. The van der Waals surface area contributed by atoms with Gasteiger partial charge in [-0.3, -0.25) is 9.59 Å². The van der Waals surface area contributed by atoms with Crippen LogP contribution in [-0.4, -0.2) is 28.3 Å². The predicted octanol–water partition coefficient (Wildman–Crippen LogP) is 2.81. The Hall–Kier alpha value is -3.74. The summed E-state index contributed by atoms with van der Waals surface area (Å²) in [7, 11) is 0. The van der Waals surface area contributed by atoms with Gasteiger partial charge in [0.1, 0.15) is 24.4 Å². The van der Waals surface area contributed by atoms with E-state index in [1.165, 1.54) is 6.33 Å². The van der Waals surface area contributed by atoms with Crippen LogP contribution in [0.5, 0.6) is 11.5 Å². The quantitative estimate of drug-likeness (QED) is 0.750. The summed E-state index contributed by atoms with van der Waals surface area (Å²) in [4.78, 5) is 30.0. The molecule has 0 radical (unpaired) electrons. The number of nitrogens with two attached hydrogens (primary N) is 1. The van der Waals surface area contributed by atoms with E-state index in [0.29, 0.717) is 42.3 Å². The molecule has 2 heterocycles. The van der Waals surface area contributed by atoms with Gasteiger partial charge in [-0.15, -0.1) is 0 Å². The van der Waals surface area contributed by atoms with Crippen molar-refractivity contribution in [3.63, 3.8) is 0 Å². The molecule has 0 bridgehead atoms. The second kappa shape index (κ2) is 9.27. The normalized spacial score (nSPS) is 12.1. The number of amides is 1. The van der Waals surface area contributed by atoms with E-state index in [4.69, 9.17) is 15.2 Å². The standard InChI is InChI=1S/C14H12N2O3.C7H7NO/c17-13-4-6-18-14-7-11(1-2-12(13)14)19-8-10-3-5-15-9-16-10;8-7(9)6-4-2-1-3-5-6/h1-3,5,7,9H,4,6,8H2;1-5H,(H2,8,9). The molecule has 0 spiro atoms. The number of aromatic nitrogens is 2. The average molecular weight is 377 g/mol. The lowest BCUT2D eigenvalue weighted by atomic mass is 10.1. The van der Waals surface area contributed by atoms with Crippen LogP contribution >= 0.6 is 0 Å². The molecule has 7 heteroatoms. The Kier molecular flexibility index (Phi) is 6.30. The van der Waals surface area contributed by atoms with Crippen molar-refractivity contribution in [1.29, 1.82) is 0 Å². The molecule has 0 atom stereocenters. The fraction of sp³-hybridized carbons (Fsp3) is 0.143. The number of Topliss-reactive ketones (excluding diaryl/α,β-unsaturated/α-hetero) is 1. The molecule has 4 rings (SSSR count). The van der Waals surface area contributed by atoms with Crippen LogP contribution in [0.25, 0.3) is 0 Å². The number of nitrogens with zero attached hydrogens (tertiary/aromatic N) is 2. The van der Waals surface area contributed by atoms with Crippen molar-refractivity contribution in [3.05, 3.63) is 83.9 Å². The molecular weight excluding hydrogens is 358 g/mol. The van der Waals surface area contributed by atoms with Crippen LogP contribution in [-0.2, 0) is 6.61 Å². The van der Waals surface area contributed by atoms with Gasteiger partial charge in [0.15, 0.2) is 5.78 Å². The molecule has 142 valence electrons. The first-order valence-electron chi connectivity index (χ1n) is 8.66. The van der Waals surface area contributed by atoms with Crippen molar-refractivity contribution < 1.29 is 19.1 Å². The molecular formula is C21H19N3O4. The first-order chi connectivity index (χ1) is 13.6. The highest BCUT2D eigenvalue weighted by Gasteiger charge is 2.18. The third-order valence-corrected chi connectivity index (χ3v) is 3.93. The van der Waals surface area contributed by atoms with Gasteiger partial charge >= 0.3 is 0 Å². The van der Waals surface area contributed by atoms with E-state index >= 15 is 0 Å². The number of primary amides is 1. The highest BCUT2D eigenvalue weighted by molar-refractivity contribution is 5.99. The van der Waals surface area contributed by atoms with Gasteiger partial charge < -0.3 is 15.2 Å². The smallest absolute Gasteiger partial charge is 0.248 e. The Morgan fingerprint density at radius 1 is 1.14 bits per heavy atom. The molecule has 1 aromatic heterocycles. The van der Waals surface area contributed by atoms with Crippen molar-refractivity contribution in [2.24, 2.45) is 5.73 Å². The predicted molar refractivity (Wildman–Crippen MR) is 102 cm³/mol. The van der Waals surface area contributed by atoms with E-state index < -0.39 is 0 Å². The van der Waals surface area contributed by atoms with E-state index in [9.17, 15) is 9.59 Å². The zero-order chi connectivity index (χ0) is 19.8. The maximum Gasteiger partial charge on any atom is 0.248 e. The van der Waals surface area contributed by atoms with Crippen LogP contribution in [0, 0.1) is 0 Å².